The molecule has 3 N–H and O–H groups in total. The van der Waals surface area contributed by atoms with E-state index in [2.05, 4.69) is 22.0 Å². The number of carbonyl (C=O) groups excluding carboxylic acids is 2. The highest BCUT2D eigenvalue weighted by molar-refractivity contribution is 6.07. The Kier molecular flexibility index (Phi) is 5.58. The number of hydrogen-bond acceptors (Lipinski definition) is 4. The number of nitrogens with zero attached hydrogens (tertiary/aromatic N) is 1. The molecule has 0 aliphatic carbocycles. The number of rotatable bonds is 4. The molecule has 26 heavy (non-hydrogen) atoms. The molecule has 7 nitrogen and oxygen atoms in total. The largest absolute Gasteiger partial charge is 0.494 e. The predicted octanol–water partition coefficient (Wildman–Crippen LogP) is 3.45. The molecule has 1 radical (unpaired) electrons. The topological polar surface area (TPSA) is 82.7 Å². The molecule has 7 heteroatoms. The van der Waals surface area contributed by atoms with Crippen LogP contribution < -0.4 is 25.6 Å². The summed E-state index contributed by atoms with van der Waals surface area (Å²) >= 11 is 0. The van der Waals surface area contributed by atoms with Gasteiger partial charge in [-0.25, -0.2) is 9.59 Å². The van der Waals surface area contributed by atoms with Crippen molar-refractivity contribution >= 4 is 29.1 Å². The van der Waals surface area contributed by atoms with E-state index in [0.29, 0.717) is 31.1 Å². The Bertz CT molecular complexity index is 794. The van der Waals surface area contributed by atoms with Crippen molar-refractivity contribution in [2.75, 3.05) is 35.2 Å². The maximum absolute atomic E-state index is 12.5. The molecule has 0 fully saturated rings. The van der Waals surface area contributed by atoms with E-state index in [0.717, 1.165) is 17.8 Å². The number of anilines is 3. The molecule has 0 atom stereocenters. The SMILES string of the molecule is CCCOc1cccc(NC(=O)NC(=O)N2CCNc3c[c]ccc32)c1. The van der Waals surface area contributed by atoms with Gasteiger partial charge in [0.1, 0.15) is 5.75 Å². The molecule has 2 aromatic rings. The van der Waals surface area contributed by atoms with E-state index >= 15 is 0 Å². The second-order valence-electron chi connectivity index (χ2n) is 5.78. The van der Waals surface area contributed by atoms with Crippen LogP contribution in [0, 0.1) is 6.07 Å². The first kappa shape index (κ1) is 17.6. The average Bonchev–Trinajstić information content (AvgIpc) is 2.66. The molecular weight excluding hydrogens is 332 g/mol. The predicted molar refractivity (Wildman–Crippen MR) is 101 cm³/mol. The van der Waals surface area contributed by atoms with Gasteiger partial charge in [0.15, 0.2) is 0 Å². The summed E-state index contributed by atoms with van der Waals surface area (Å²) in [6.07, 6.45) is 0.899. The number of fused-ring (bicyclic) bond motifs is 1. The van der Waals surface area contributed by atoms with Crippen LogP contribution in [0.3, 0.4) is 0 Å². The lowest BCUT2D eigenvalue weighted by atomic mass is 10.2. The Labute approximate surface area is 152 Å². The number of imide groups is 1. The molecular formula is C19H21N4O3. The lowest BCUT2D eigenvalue weighted by Crippen LogP contribution is -2.48. The number of hydrogen-bond donors (Lipinski definition) is 3. The molecule has 135 valence electrons. The van der Waals surface area contributed by atoms with Crippen molar-refractivity contribution in [2.24, 2.45) is 0 Å². The Hall–Kier alpha value is -3.22. The minimum absolute atomic E-state index is 0.469. The van der Waals surface area contributed by atoms with Gasteiger partial charge in [-0.15, -0.1) is 0 Å². The van der Waals surface area contributed by atoms with Crippen LogP contribution in [0.15, 0.2) is 42.5 Å². The Balaban J connectivity index is 1.61. The molecule has 0 bridgehead atoms. The number of nitrogens with one attached hydrogen (secondary N) is 3. The van der Waals surface area contributed by atoms with Crippen molar-refractivity contribution in [2.45, 2.75) is 13.3 Å². The Morgan fingerprint density at radius 3 is 3.08 bits per heavy atom. The molecule has 0 aromatic heterocycles. The van der Waals surface area contributed by atoms with Crippen LogP contribution in [0.5, 0.6) is 5.75 Å². The van der Waals surface area contributed by atoms with Gasteiger partial charge in [-0.2, -0.15) is 0 Å². The fraction of sp³-hybridized carbons (Fsp3) is 0.263. The van der Waals surface area contributed by atoms with Gasteiger partial charge in [-0.3, -0.25) is 10.2 Å². The van der Waals surface area contributed by atoms with Gasteiger partial charge in [0, 0.05) is 24.8 Å². The van der Waals surface area contributed by atoms with Gasteiger partial charge in [0.2, 0.25) is 0 Å². The molecule has 3 rings (SSSR count). The van der Waals surface area contributed by atoms with Gasteiger partial charge in [-0.1, -0.05) is 19.1 Å². The zero-order valence-corrected chi connectivity index (χ0v) is 14.5. The van der Waals surface area contributed by atoms with Gasteiger partial charge in [0.25, 0.3) is 0 Å². The Morgan fingerprint density at radius 1 is 1.35 bits per heavy atom. The van der Waals surface area contributed by atoms with Crippen LogP contribution in [-0.2, 0) is 0 Å². The maximum Gasteiger partial charge on any atom is 0.330 e. The van der Waals surface area contributed by atoms with E-state index in [4.69, 9.17) is 4.74 Å². The summed E-state index contributed by atoms with van der Waals surface area (Å²) in [7, 11) is 0. The number of benzene rings is 2. The second-order valence-corrected chi connectivity index (χ2v) is 5.78. The average molecular weight is 353 g/mol. The number of amides is 4. The maximum atomic E-state index is 12.5. The van der Waals surface area contributed by atoms with Crippen molar-refractivity contribution < 1.29 is 14.3 Å². The van der Waals surface area contributed by atoms with Gasteiger partial charge in [0.05, 0.1) is 18.0 Å². The molecule has 0 unspecified atom stereocenters. The molecule has 0 saturated heterocycles. The third kappa shape index (κ3) is 4.24. The fourth-order valence-electron chi connectivity index (χ4n) is 2.64. The summed E-state index contributed by atoms with van der Waals surface area (Å²) in [5.41, 5.74) is 2.09. The quantitative estimate of drug-likeness (QED) is 0.786. The summed E-state index contributed by atoms with van der Waals surface area (Å²) in [6.45, 7) is 3.70. The van der Waals surface area contributed by atoms with Crippen molar-refractivity contribution in [1.29, 1.82) is 0 Å². The minimum atomic E-state index is -0.592. The first-order valence-electron chi connectivity index (χ1n) is 8.53. The highest BCUT2D eigenvalue weighted by atomic mass is 16.5. The summed E-state index contributed by atoms with van der Waals surface area (Å²) in [6, 6.07) is 14.2. The second kappa shape index (κ2) is 8.24. The van der Waals surface area contributed by atoms with Crippen LogP contribution in [0.25, 0.3) is 0 Å². The van der Waals surface area contributed by atoms with Gasteiger partial charge in [-0.05, 0) is 36.8 Å². The lowest BCUT2D eigenvalue weighted by molar-refractivity contribution is 0.236. The highest BCUT2D eigenvalue weighted by Crippen LogP contribution is 2.28. The van der Waals surface area contributed by atoms with E-state index < -0.39 is 12.1 Å². The molecule has 1 aliphatic rings. The molecule has 4 amide bonds. The summed E-state index contributed by atoms with van der Waals surface area (Å²) in [5, 5.41) is 8.21. The van der Waals surface area contributed by atoms with E-state index in [1.165, 1.54) is 4.90 Å². The number of ether oxygens (including phenoxy) is 1. The molecule has 0 saturated carbocycles. The summed E-state index contributed by atoms with van der Waals surface area (Å²) in [4.78, 5) is 26.2. The monoisotopic (exact) mass is 353 g/mol. The zero-order chi connectivity index (χ0) is 18.4. The molecule has 0 spiro atoms. The summed E-state index contributed by atoms with van der Waals surface area (Å²) < 4.78 is 5.54. The van der Waals surface area contributed by atoms with Crippen molar-refractivity contribution in [3.63, 3.8) is 0 Å². The van der Waals surface area contributed by atoms with Gasteiger partial charge >= 0.3 is 12.1 Å². The smallest absolute Gasteiger partial charge is 0.330 e. The highest BCUT2D eigenvalue weighted by Gasteiger charge is 2.23. The van der Waals surface area contributed by atoms with Crippen LogP contribution in [-0.4, -0.2) is 31.8 Å². The first-order valence-corrected chi connectivity index (χ1v) is 8.53. The van der Waals surface area contributed by atoms with Crippen molar-refractivity contribution in [3.05, 3.63) is 48.5 Å². The van der Waals surface area contributed by atoms with Crippen LogP contribution in [0.4, 0.5) is 26.7 Å². The third-order valence-corrected chi connectivity index (χ3v) is 3.81. The van der Waals surface area contributed by atoms with E-state index in [-0.39, 0.29) is 0 Å². The minimum Gasteiger partial charge on any atom is -0.494 e. The van der Waals surface area contributed by atoms with Crippen molar-refractivity contribution in [1.82, 2.24) is 5.32 Å². The normalized spacial score (nSPS) is 12.6. The first-order chi connectivity index (χ1) is 12.7. The fourth-order valence-corrected chi connectivity index (χ4v) is 2.64. The number of carbonyl (C=O) groups is 2. The lowest BCUT2D eigenvalue weighted by Gasteiger charge is -2.29. The van der Waals surface area contributed by atoms with E-state index in [1.54, 1.807) is 36.4 Å². The Morgan fingerprint density at radius 2 is 2.23 bits per heavy atom. The van der Waals surface area contributed by atoms with Crippen LogP contribution in [0.1, 0.15) is 13.3 Å². The molecule has 2 aromatic carbocycles. The zero-order valence-electron chi connectivity index (χ0n) is 14.5. The molecule has 1 aliphatic heterocycles. The van der Waals surface area contributed by atoms with Crippen LogP contribution >= 0.6 is 0 Å². The standard InChI is InChI=1S/C19H21N4O3/c1-2-12-26-15-7-5-6-14(13-15)21-18(24)22-19(25)23-11-10-20-16-8-3-4-9-17(16)23/h4-9,13,20H,2,10-12H2,1H3,(H2,21,22,24,25). The van der Waals surface area contributed by atoms with Crippen LogP contribution in [0.2, 0.25) is 0 Å². The van der Waals surface area contributed by atoms with Gasteiger partial charge < -0.3 is 15.4 Å². The van der Waals surface area contributed by atoms with E-state index in [9.17, 15) is 9.59 Å². The summed E-state index contributed by atoms with van der Waals surface area (Å²) in [5.74, 6) is 0.670. The van der Waals surface area contributed by atoms with Crippen molar-refractivity contribution in [3.8, 4) is 5.75 Å². The number of urea groups is 2. The third-order valence-electron chi connectivity index (χ3n) is 3.81. The molecule has 1 heterocycles. The van der Waals surface area contributed by atoms with E-state index in [1.807, 2.05) is 13.0 Å².